The van der Waals surface area contributed by atoms with E-state index in [1.54, 1.807) is 25.1 Å². The van der Waals surface area contributed by atoms with Gasteiger partial charge in [-0.1, -0.05) is 12.1 Å². The average molecular weight is 218 g/mol. The molecule has 2 amide bonds. The van der Waals surface area contributed by atoms with Crippen LogP contribution in [-0.2, 0) is 0 Å². The highest BCUT2D eigenvalue weighted by atomic mass is 19.4. The third kappa shape index (κ3) is 4.35. The van der Waals surface area contributed by atoms with E-state index in [9.17, 15) is 18.0 Å². The van der Waals surface area contributed by atoms with E-state index in [0.29, 0.717) is 5.69 Å². The molecule has 0 bridgehead atoms. The van der Waals surface area contributed by atoms with Crippen molar-refractivity contribution in [1.29, 1.82) is 0 Å². The Morgan fingerprint density at radius 2 is 2.00 bits per heavy atom. The van der Waals surface area contributed by atoms with Crippen molar-refractivity contribution in [1.82, 2.24) is 5.32 Å². The molecule has 0 saturated carbocycles. The van der Waals surface area contributed by atoms with Crippen LogP contribution in [0.1, 0.15) is 5.56 Å². The number of hydrogen-bond acceptors (Lipinski definition) is 1. The number of carbonyl (C=O) groups excluding carboxylic acids is 1. The predicted octanol–water partition coefficient (Wildman–Crippen LogP) is 2.64. The molecule has 0 spiro atoms. The second kappa shape index (κ2) is 4.20. The molecule has 0 unspecified atom stereocenters. The van der Waals surface area contributed by atoms with Gasteiger partial charge in [0.15, 0.2) is 0 Å². The summed E-state index contributed by atoms with van der Waals surface area (Å²) in [6.45, 7) is 1.77. The number of amides is 2. The number of hydrogen-bond donors (Lipinski definition) is 2. The molecule has 15 heavy (non-hydrogen) atoms. The molecule has 0 aromatic heterocycles. The van der Waals surface area contributed by atoms with E-state index in [2.05, 4.69) is 5.32 Å². The van der Waals surface area contributed by atoms with Crippen molar-refractivity contribution in [3.63, 3.8) is 0 Å². The SMILES string of the molecule is Cc1cccc(NC(=O)NC(F)(F)F)c1. The van der Waals surface area contributed by atoms with Crippen molar-refractivity contribution in [2.75, 3.05) is 5.32 Å². The maximum Gasteiger partial charge on any atom is 0.485 e. The lowest BCUT2D eigenvalue weighted by molar-refractivity contribution is -0.144. The van der Waals surface area contributed by atoms with Crippen LogP contribution < -0.4 is 10.6 Å². The Labute approximate surface area is 84.3 Å². The smallest absolute Gasteiger partial charge is 0.308 e. The van der Waals surface area contributed by atoms with Gasteiger partial charge < -0.3 is 5.32 Å². The summed E-state index contributed by atoms with van der Waals surface area (Å²) in [6.07, 6.45) is -4.71. The number of urea groups is 1. The first kappa shape index (κ1) is 11.4. The lowest BCUT2D eigenvalue weighted by atomic mass is 10.2. The monoisotopic (exact) mass is 218 g/mol. The molecule has 1 aromatic rings. The van der Waals surface area contributed by atoms with Crippen LogP contribution >= 0.6 is 0 Å². The molecule has 82 valence electrons. The van der Waals surface area contributed by atoms with Gasteiger partial charge >= 0.3 is 12.3 Å². The Bertz CT molecular complexity index is 363. The molecule has 0 radical (unpaired) electrons. The first-order valence-corrected chi connectivity index (χ1v) is 4.09. The standard InChI is InChI=1S/C9H9F3N2O/c1-6-3-2-4-7(5-6)13-8(15)14-9(10,11)12/h2-5H,1H3,(H2,13,14,15). The van der Waals surface area contributed by atoms with Crippen LogP contribution in [0.15, 0.2) is 24.3 Å². The molecule has 0 heterocycles. The second-order valence-corrected chi connectivity index (χ2v) is 2.95. The zero-order valence-electron chi connectivity index (χ0n) is 7.85. The van der Waals surface area contributed by atoms with E-state index >= 15 is 0 Å². The zero-order chi connectivity index (χ0) is 11.5. The van der Waals surface area contributed by atoms with Crippen LogP contribution in [0.25, 0.3) is 0 Å². The van der Waals surface area contributed by atoms with Gasteiger partial charge in [0, 0.05) is 5.69 Å². The largest absolute Gasteiger partial charge is 0.485 e. The maximum absolute atomic E-state index is 11.7. The van der Waals surface area contributed by atoms with Crippen LogP contribution in [-0.4, -0.2) is 12.3 Å². The van der Waals surface area contributed by atoms with E-state index in [1.807, 2.05) is 0 Å². The van der Waals surface area contributed by atoms with Gasteiger partial charge in [0.1, 0.15) is 0 Å². The van der Waals surface area contributed by atoms with Crippen LogP contribution in [0.4, 0.5) is 23.7 Å². The van der Waals surface area contributed by atoms with Gasteiger partial charge in [0.25, 0.3) is 0 Å². The summed E-state index contributed by atoms with van der Waals surface area (Å²) in [5, 5.41) is 2.91. The summed E-state index contributed by atoms with van der Waals surface area (Å²) in [7, 11) is 0. The van der Waals surface area contributed by atoms with E-state index in [0.717, 1.165) is 10.9 Å². The fourth-order valence-electron chi connectivity index (χ4n) is 1.01. The van der Waals surface area contributed by atoms with Crippen LogP contribution in [0.3, 0.4) is 0 Å². The van der Waals surface area contributed by atoms with E-state index in [-0.39, 0.29) is 0 Å². The lowest BCUT2D eigenvalue weighted by Crippen LogP contribution is -2.40. The van der Waals surface area contributed by atoms with Crippen molar-refractivity contribution in [2.24, 2.45) is 0 Å². The second-order valence-electron chi connectivity index (χ2n) is 2.95. The highest BCUT2D eigenvalue weighted by Gasteiger charge is 2.29. The number of nitrogens with one attached hydrogen (secondary N) is 2. The van der Waals surface area contributed by atoms with Gasteiger partial charge in [0.2, 0.25) is 0 Å². The fraction of sp³-hybridized carbons (Fsp3) is 0.222. The molecule has 0 aliphatic heterocycles. The molecule has 2 N–H and O–H groups in total. The number of alkyl halides is 3. The van der Waals surface area contributed by atoms with Crippen molar-refractivity contribution in [2.45, 2.75) is 13.2 Å². The van der Waals surface area contributed by atoms with Crippen molar-refractivity contribution < 1.29 is 18.0 Å². The molecule has 1 aromatic carbocycles. The molecule has 0 atom stereocenters. The van der Waals surface area contributed by atoms with Gasteiger partial charge in [-0.15, -0.1) is 0 Å². The summed E-state index contributed by atoms with van der Waals surface area (Å²) >= 11 is 0. The number of carbonyl (C=O) groups is 1. The van der Waals surface area contributed by atoms with Crippen LogP contribution in [0.5, 0.6) is 0 Å². The van der Waals surface area contributed by atoms with E-state index < -0.39 is 12.3 Å². The molecule has 3 nitrogen and oxygen atoms in total. The number of anilines is 1. The molecule has 0 fully saturated rings. The number of benzene rings is 1. The highest BCUT2D eigenvalue weighted by Crippen LogP contribution is 2.12. The Balaban J connectivity index is 2.59. The topological polar surface area (TPSA) is 41.1 Å². The molecular weight excluding hydrogens is 209 g/mol. The average Bonchev–Trinajstić information content (AvgIpc) is 1.99. The van der Waals surface area contributed by atoms with Gasteiger partial charge in [-0.05, 0) is 24.6 Å². The first-order valence-electron chi connectivity index (χ1n) is 4.09. The minimum Gasteiger partial charge on any atom is -0.308 e. The Morgan fingerprint density at radius 1 is 1.33 bits per heavy atom. The normalized spacial score (nSPS) is 10.9. The molecule has 0 aliphatic rings. The van der Waals surface area contributed by atoms with Crippen molar-refractivity contribution in [3.8, 4) is 0 Å². The van der Waals surface area contributed by atoms with E-state index in [4.69, 9.17) is 0 Å². The van der Waals surface area contributed by atoms with Crippen molar-refractivity contribution in [3.05, 3.63) is 29.8 Å². The Morgan fingerprint density at radius 3 is 2.53 bits per heavy atom. The van der Waals surface area contributed by atoms with Crippen molar-refractivity contribution >= 4 is 11.7 Å². The maximum atomic E-state index is 11.7. The quantitative estimate of drug-likeness (QED) is 0.699. The summed E-state index contributed by atoms with van der Waals surface area (Å²) in [5.41, 5.74) is 1.16. The molecule has 6 heteroatoms. The van der Waals surface area contributed by atoms with Gasteiger partial charge in [-0.25, -0.2) is 10.1 Å². The predicted molar refractivity (Wildman–Crippen MR) is 49.4 cm³/mol. The van der Waals surface area contributed by atoms with Gasteiger partial charge in [-0.3, -0.25) is 0 Å². The van der Waals surface area contributed by atoms with Crippen LogP contribution in [0, 0.1) is 6.92 Å². The summed E-state index contributed by atoms with van der Waals surface area (Å²) in [6, 6.07) is 5.18. The van der Waals surface area contributed by atoms with E-state index in [1.165, 1.54) is 6.07 Å². The molecular formula is C9H9F3N2O. The minimum atomic E-state index is -4.71. The summed E-state index contributed by atoms with van der Waals surface area (Å²) < 4.78 is 35.1. The van der Waals surface area contributed by atoms with Gasteiger partial charge in [0.05, 0.1) is 0 Å². The summed E-state index contributed by atoms with van der Waals surface area (Å²) in [4.78, 5) is 10.8. The van der Waals surface area contributed by atoms with Gasteiger partial charge in [-0.2, -0.15) is 13.2 Å². The lowest BCUT2D eigenvalue weighted by Gasteiger charge is -2.10. The minimum absolute atomic E-state index is 0.316. The zero-order valence-corrected chi connectivity index (χ0v) is 7.85. The third-order valence-corrected chi connectivity index (χ3v) is 1.53. The first-order chi connectivity index (χ1) is 6.87. The fourth-order valence-corrected chi connectivity index (χ4v) is 1.01. The highest BCUT2D eigenvalue weighted by molar-refractivity contribution is 5.89. The number of rotatable bonds is 1. The molecule has 1 rings (SSSR count). The number of aryl methyl sites for hydroxylation is 1. The number of halogens is 3. The molecule has 0 saturated heterocycles. The third-order valence-electron chi connectivity index (χ3n) is 1.53. The van der Waals surface area contributed by atoms with Crippen LogP contribution in [0.2, 0.25) is 0 Å². The Hall–Kier alpha value is -1.72. The Kier molecular flexibility index (Phi) is 3.18. The molecule has 0 aliphatic carbocycles. The summed E-state index contributed by atoms with van der Waals surface area (Å²) in [5.74, 6) is 0.